The summed E-state index contributed by atoms with van der Waals surface area (Å²) in [7, 11) is 0. The van der Waals surface area contributed by atoms with E-state index in [4.69, 9.17) is 10.7 Å². The maximum Gasteiger partial charge on any atom is 0.129 e. The van der Waals surface area contributed by atoms with Gasteiger partial charge in [-0.15, -0.1) is 0 Å². The number of aromatic nitrogens is 1. The largest absolute Gasteiger partial charge is 0.354 e. The fourth-order valence-electron chi connectivity index (χ4n) is 3.46. The molecule has 0 spiro atoms. The van der Waals surface area contributed by atoms with Gasteiger partial charge >= 0.3 is 0 Å². The van der Waals surface area contributed by atoms with Crippen molar-refractivity contribution < 1.29 is 0 Å². The van der Waals surface area contributed by atoms with Crippen LogP contribution in [0.15, 0.2) is 12.1 Å². The lowest BCUT2D eigenvalue weighted by molar-refractivity contribution is 0.133. The smallest absolute Gasteiger partial charge is 0.129 e. The van der Waals surface area contributed by atoms with Crippen molar-refractivity contribution in [3.63, 3.8) is 0 Å². The second kappa shape index (κ2) is 6.10. The number of nitrogens with zero attached hydrogens (tertiary/aromatic N) is 3. The monoisotopic (exact) mass is 274 g/mol. The van der Waals surface area contributed by atoms with Crippen LogP contribution in [0.1, 0.15) is 37.4 Å². The molecule has 0 saturated carbocycles. The van der Waals surface area contributed by atoms with Gasteiger partial charge in [0, 0.05) is 37.9 Å². The van der Waals surface area contributed by atoms with E-state index in [9.17, 15) is 0 Å². The van der Waals surface area contributed by atoms with Crippen LogP contribution in [-0.2, 0) is 13.0 Å². The van der Waals surface area contributed by atoms with Gasteiger partial charge < -0.3 is 10.6 Å². The summed E-state index contributed by atoms with van der Waals surface area (Å²) in [5, 5.41) is 0. The quantitative estimate of drug-likeness (QED) is 0.912. The maximum atomic E-state index is 5.82. The number of nitrogens with two attached hydrogens (primary N) is 1. The summed E-state index contributed by atoms with van der Waals surface area (Å²) in [5.41, 5.74) is 8.19. The van der Waals surface area contributed by atoms with Gasteiger partial charge in [0.2, 0.25) is 0 Å². The molecule has 4 nitrogen and oxygen atoms in total. The predicted octanol–water partition coefficient (Wildman–Crippen LogP) is 1.78. The highest BCUT2D eigenvalue weighted by atomic mass is 15.3. The Hall–Kier alpha value is -1.13. The van der Waals surface area contributed by atoms with Crippen molar-refractivity contribution in [1.82, 2.24) is 9.88 Å². The van der Waals surface area contributed by atoms with Crippen LogP contribution in [0.25, 0.3) is 0 Å². The van der Waals surface area contributed by atoms with Crippen LogP contribution in [-0.4, -0.2) is 42.1 Å². The van der Waals surface area contributed by atoms with Crippen LogP contribution in [0, 0.1) is 0 Å². The number of anilines is 1. The van der Waals surface area contributed by atoms with E-state index in [0.717, 1.165) is 37.1 Å². The number of hydrogen-bond acceptors (Lipinski definition) is 4. The summed E-state index contributed by atoms with van der Waals surface area (Å²) in [6, 6.07) is 5.05. The SMILES string of the molecule is CCc1cc(CN)cc(N2CCN3CCCCC3C2)n1. The molecule has 1 atom stereocenters. The highest BCUT2D eigenvalue weighted by Crippen LogP contribution is 2.24. The van der Waals surface area contributed by atoms with Crippen molar-refractivity contribution in [2.24, 2.45) is 5.73 Å². The van der Waals surface area contributed by atoms with E-state index in [1.54, 1.807) is 0 Å². The normalized spacial score (nSPS) is 23.7. The number of hydrogen-bond donors (Lipinski definition) is 1. The maximum absolute atomic E-state index is 5.82. The van der Waals surface area contributed by atoms with E-state index in [-0.39, 0.29) is 0 Å². The number of aryl methyl sites for hydroxylation is 1. The molecule has 1 unspecified atom stereocenters. The first-order valence-corrected chi connectivity index (χ1v) is 7.99. The van der Waals surface area contributed by atoms with Gasteiger partial charge in [-0.3, -0.25) is 4.90 Å². The Kier molecular flexibility index (Phi) is 4.22. The number of piperazine rings is 1. The fraction of sp³-hybridized carbons (Fsp3) is 0.688. The van der Waals surface area contributed by atoms with Gasteiger partial charge in [-0.2, -0.15) is 0 Å². The molecule has 0 aliphatic carbocycles. The van der Waals surface area contributed by atoms with Gasteiger partial charge in [-0.25, -0.2) is 4.98 Å². The molecule has 2 saturated heterocycles. The molecule has 110 valence electrons. The highest BCUT2D eigenvalue weighted by Gasteiger charge is 2.29. The van der Waals surface area contributed by atoms with Gasteiger partial charge in [-0.05, 0) is 43.5 Å². The number of piperidine rings is 1. The summed E-state index contributed by atoms with van der Waals surface area (Å²) < 4.78 is 0. The molecular formula is C16H26N4. The number of fused-ring (bicyclic) bond motifs is 1. The van der Waals surface area contributed by atoms with Gasteiger partial charge in [0.15, 0.2) is 0 Å². The van der Waals surface area contributed by atoms with Crippen LogP contribution in [0.2, 0.25) is 0 Å². The fourth-order valence-corrected chi connectivity index (χ4v) is 3.46. The third-order valence-electron chi connectivity index (χ3n) is 4.68. The van der Waals surface area contributed by atoms with E-state index in [2.05, 4.69) is 28.9 Å². The van der Waals surface area contributed by atoms with Crippen LogP contribution >= 0.6 is 0 Å². The lowest BCUT2D eigenvalue weighted by atomic mass is 9.99. The Morgan fingerprint density at radius 1 is 1.25 bits per heavy atom. The molecule has 2 aliphatic heterocycles. The molecule has 4 heteroatoms. The molecule has 3 heterocycles. The summed E-state index contributed by atoms with van der Waals surface area (Å²) in [6.07, 6.45) is 5.07. The number of rotatable bonds is 3. The molecule has 0 aromatic carbocycles. The molecule has 2 aliphatic rings. The predicted molar refractivity (Wildman–Crippen MR) is 82.9 cm³/mol. The van der Waals surface area contributed by atoms with Gasteiger partial charge in [0.1, 0.15) is 5.82 Å². The lowest BCUT2D eigenvalue weighted by Gasteiger charge is -2.44. The molecule has 1 aromatic heterocycles. The molecular weight excluding hydrogens is 248 g/mol. The van der Waals surface area contributed by atoms with Crippen molar-refractivity contribution in [2.75, 3.05) is 31.1 Å². The summed E-state index contributed by atoms with van der Waals surface area (Å²) in [4.78, 5) is 9.94. The number of pyridine rings is 1. The highest BCUT2D eigenvalue weighted by molar-refractivity contribution is 5.43. The van der Waals surface area contributed by atoms with Gasteiger partial charge in [0.05, 0.1) is 0 Å². The van der Waals surface area contributed by atoms with Crippen molar-refractivity contribution in [3.8, 4) is 0 Å². The molecule has 2 fully saturated rings. The third-order valence-corrected chi connectivity index (χ3v) is 4.68. The van der Waals surface area contributed by atoms with Crippen LogP contribution in [0.3, 0.4) is 0 Å². The van der Waals surface area contributed by atoms with E-state index in [1.807, 2.05) is 0 Å². The van der Waals surface area contributed by atoms with E-state index < -0.39 is 0 Å². The zero-order valence-corrected chi connectivity index (χ0v) is 12.5. The molecule has 20 heavy (non-hydrogen) atoms. The lowest BCUT2D eigenvalue weighted by Crippen LogP contribution is -2.55. The first-order chi connectivity index (χ1) is 9.80. The summed E-state index contributed by atoms with van der Waals surface area (Å²) in [6.45, 7) is 7.46. The Balaban J connectivity index is 1.78. The van der Waals surface area contributed by atoms with Crippen molar-refractivity contribution in [2.45, 2.75) is 45.2 Å². The minimum absolute atomic E-state index is 0.603. The Morgan fingerprint density at radius 2 is 2.15 bits per heavy atom. The van der Waals surface area contributed by atoms with E-state index in [1.165, 1.54) is 37.9 Å². The average molecular weight is 274 g/mol. The van der Waals surface area contributed by atoms with E-state index in [0.29, 0.717) is 6.54 Å². The zero-order valence-electron chi connectivity index (χ0n) is 12.5. The van der Waals surface area contributed by atoms with Crippen molar-refractivity contribution in [1.29, 1.82) is 0 Å². The Labute approximate surface area is 122 Å². The van der Waals surface area contributed by atoms with E-state index >= 15 is 0 Å². The van der Waals surface area contributed by atoms with Crippen molar-refractivity contribution >= 4 is 5.82 Å². The van der Waals surface area contributed by atoms with Crippen LogP contribution in [0.5, 0.6) is 0 Å². The topological polar surface area (TPSA) is 45.4 Å². The Bertz CT molecular complexity index is 438. The Morgan fingerprint density at radius 3 is 2.95 bits per heavy atom. The molecule has 2 N–H and O–H groups in total. The van der Waals surface area contributed by atoms with Gasteiger partial charge in [-0.1, -0.05) is 13.3 Å². The minimum Gasteiger partial charge on any atom is -0.354 e. The molecule has 0 amide bonds. The van der Waals surface area contributed by atoms with Crippen LogP contribution < -0.4 is 10.6 Å². The first-order valence-electron chi connectivity index (χ1n) is 7.99. The van der Waals surface area contributed by atoms with Crippen LogP contribution in [0.4, 0.5) is 5.82 Å². The minimum atomic E-state index is 0.603. The standard InChI is InChI=1S/C16H26N4/c1-2-14-9-13(11-17)10-16(18-14)20-8-7-19-6-4-3-5-15(19)12-20/h9-10,15H,2-8,11-12,17H2,1H3. The van der Waals surface area contributed by atoms with Crippen molar-refractivity contribution in [3.05, 3.63) is 23.4 Å². The molecule has 0 radical (unpaired) electrons. The second-order valence-electron chi connectivity index (χ2n) is 6.01. The third kappa shape index (κ3) is 2.81. The molecule has 0 bridgehead atoms. The second-order valence-corrected chi connectivity index (χ2v) is 6.01. The molecule has 1 aromatic rings. The average Bonchev–Trinajstić information content (AvgIpc) is 2.53. The molecule has 3 rings (SSSR count). The van der Waals surface area contributed by atoms with Gasteiger partial charge in [0.25, 0.3) is 0 Å². The summed E-state index contributed by atoms with van der Waals surface area (Å²) in [5.74, 6) is 1.13. The summed E-state index contributed by atoms with van der Waals surface area (Å²) >= 11 is 0. The zero-order chi connectivity index (χ0) is 13.9. The first kappa shape index (κ1) is 13.8.